The Morgan fingerprint density at radius 2 is 1.95 bits per heavy atom. The molecule has 0 radical (unpaired) electrons. The Kier molecular flexibility index (Phi) is 5.54. The van der Waals surface area contributed by atoms with Crippen molar-refractivity contribution in [3.63, 3.8) is 0 Å². The van der Waals surface area contributed by atoms with Crippen LogP contribution in [0.2, 0.25) is 0 Å². The topological polar surface area (TPSA) is 91.6 Å². The molecule has 0 fully saturated rings. The van der Waals surface area contributed by atoms with Crippen molar-refractivity contribution in [1.29, 1.82) is 0 Å². The third-order valence-corrected chi connectivity index (χ3v) is 4.46. The molecule has 0 saturated heterocycles. The number of aromatic nitrogens is 1. The first-order valence-electron chi connectivity index (χ1n) is 6.66. The smallest absolute Gasteiger partial charge is 0.352 e. The standard InChI is InChI=1S/C13H23N3O4S/c1-9(2)16-8-11(6-12(16)13(17)18)21(19,20)14-10(3)7-15(4)5/h6,8-10,14H,7H2,1-5H3,(H,17,18). The molecule has 2 N–H and O–H groups in total. The molecule has 0 aromatic carbocycles. The van der Waals surface area contributed by atoms with Crippen LogP contribution in [-0.2, 0) is 10.0 Å². The Bertz CT molecular complexity index is 605. The normalized spacial score (nSPS) is 13.9. The predicted octanol–water partition coefficient (Wildman–Crippen LogP) is 0.996. The fraction of sp³-hybridized carbons (Fsp3) is 0.615. The number of aromatic carboxylic acids is 1. The maximum atomic E-state index is 12.3. The number of hydrogen-bond donors (Lipinski definition) is 2. The molecule has 0 spiro atoms. The molecule has 8 heteroatoms. The van der Waals surface area contributed by atoms with Crippen molar-refractivity contribution in [2.24, 2.45) is 0 Å². The molecule has 7 nitrogen and oxygen atoms in total. The highest BCUT2D eigenvalue weighted by atomic mass is 32.2. The SMILES string of the molecule is CC(CN(C)C)NS(=O)(=O)c1cc(C(=O)O)n(C(C)C)c1. The second kappa shape index (κ2) is 6.59. The number of carboxylic acid groups (broad SMARTS) is 1. The van der Waals surface area contributed by atoms with E-state index >= 15 is 0 Å². The minimum atomic E-state index is -3.73. The van der Waals surface area contributed by atoms with E-state index in [0.717, 1.165) is 0 Å². The van der Waals surface area contributed by atoms with E-state index in [1.807, 2.05) is 19.0 Å². The van der Waals surface area contributed by atoms with Crippen LogP contribution in [0.1, 0.15) is 37.3 Å². The average Bonchev–Trinajstić information content (AvgIpc) is 2.71. The van der Waals surface area contributed by atoms with E-state index in [0.29, 0.717) is 6.54 Å². The van der Waals surface area contributed by atoms with E-state index < -0.39 is 16.0 Å². The first-order chi connectivity index (χ1) is 9.54. The quantitative estimate of drug-likeness (QED) is 0.782. The van der Waals surface area contributed by atoms with Crippen LogP contribution in [0, 0.1) is 0 Å². The van der Waals surface area contributed by atoms with E-state index in [9.17, 15) is 13.2 Å². The lowest BCUT2D eigenvalue weighted by Gasteiger charge is -2.17. The maximum absolute atomic E-state index is 12.3. The van der Waals surface area contributed by atoms with Crippen LogP contribution in [0.5, 0.6) is 0 Å². The minimum Gasteiger partial charge on any atom is -0.477 e. The Balaban J connectivity index is 3.09. The summed E-state index contributed by atoms with van der Waals surface area (Å²) in [6.07, 6.45) is 1.36. The highest BCUT2D eigenvalue weighted by Crippen LogP contribution is 2.19. The lowest BCUT2D eigenvalue weighted by atomic mass is 10.3. The van der Waals surface area contributed by atoms with Crippen molar-refractivity contribution in [3.8, 4) is 0 Å². The van der Waals surface area contributed by atoms with Gasteiger partial charge in [0.1, 0.15) is 10.6 Å². The summed E-state index contributed by atoms with van der Waals surface area (Å²) in [5.74, 6) is -1.15. The van der Waals surface area contributed by atoms with Crippen molar-refractivity contribution in [2.75, 3.05) is 20.6 Å². The van der Waals surface area contributed by atoms with Crippen molar-refractivity contribution in [2.45, 2.75) is 37.8 Å². The van der Waals surface area contributed by atoms with E-state index in [4.69, 9.17) is 5.11 Å². The van der Waals surface area contributed by atoms with Crippen molar-refractivity contribution >= 4 is 16.0 Å². The van der Waals surface area contributed by atoms with Gasteiger partial charge in [-0.1, -0.05) is 0 Å². The third-order valence-electron chi connectivity index (χ3n) is 2.90. The van der Waals surface area contributed by atoms with Crippen LogP contribution in [0.3, 0.4) is 0 Å². The fourth-order valence-electron chi connectivity index (χ4n) is 2.12. The summed E-state index contributed by atoms with van der Waals surface area (Å²) in [5, 5.41) is 9.15. The molecule has 0 aliphatic rings. The monoisotopic (exact) mass is 317 g/mol. The van der Waals surface area contributed by atoms with Crippen LogP contribution < -0.4 is 4.72 Å². The second-order valence-corrected chi connectivity index (χ2v) is 7.37. The number of hydrogen-bond acceptors (Lipinski definition) is 4. The van der Waals surface area contributed by atoms with Crippen LogP contribution in [0.4, 0.5) is 0 Å². The molecular weight excluding hydrogens is 294 g/mol. The first-order valence-corrected chi connectivity index (χ1v) is 8.15. The molecule has 0 aliphatic heterocycles. The predicted molar refractivity (Wildman–Crippen MR) is 80.1 cm³/mol. The van der Waals surface area contributed by atoms with Gasteiger partial charge < -0.3 is 14.6 Å². The first kappa shape index (κ1) is 17.7. The summed E-state index contributed by atoms with van der Waals surface area (Å²) < 4.78 is 28.6. The largest absolute Gasteiger partial charge is 0.477 e. The molecule has 120 valence electrons. The molecule has 0 amide bonds. The zero-order chi connectivity index (χ0) is 16.4. The number of rotatable bonds is 7. The Hall–Kier alpha value is -1.38. The summed E-state index contributed by atoms with van der Waals surface area (Å²) in [6.45, 7) is 5.90. The molecule has 1 atom stereocenters. The molecule has 0 aliphatic carbocycles. The molecule has 0 bridgehead atoms. The maximum Gasteiger partial charge on any atom is 0.352 e. The molecule has 21 heavy (non-hydrogen) atoms. The Morgan fingerprint density at radius 3 is 2.33 bits per heavy atom. The van der Waals surface area contributed by atoms with Gasteiger partial charge >= 0.3 is 5.97 Å². The second-order valence-electron chi connectivity index (χ2n) is 5.65. The Morgan fingerprint density at radius 1 is 1.38 bits per heavy atom. The lowest BCUT2D eigenvalue weighted by molar-refractivity contribution is 0.0683. The zero-order valence-corrected chi connectivity index (χ0v) is 13.8. The van der Waals surface area contributed by atoms with Gasteiger partial charge in [0.15, 0.2) is 0 Å². The lowest BCUT2D eigenvalue weighted by Crippen LogP contribution is -2.39. The molecule has 0 saturated carbocycles. The van der Waals surface area contributed by atoms with Crippen molar-refractivity contribution in [3.05, 3.63) is 18.0 Å². The molecule has 1 aromatic heterocycles. The molecule has 1 heterocycles. The van der Waals surface area contributed by atoms with E-state index in [-0.39, 0.29) is 22.7 Å². The van der Waals surface area contributed by atoms with Gasteiger partial charge in [-0.3, -0.25) is 0 Å². The van der Waals surface area contributed by atoms with Gasteiger partial charge in [-0.05, 0) is 40.9 Å². The van der Waals surface area contributed by atoms with E-state index in [1.54, 1.807) is 20.8 Å². The number of likely N-dealkylation sites (N-methyl/N-ethyl adjacent to an activating group) is 1. The van der Waals surface area contributed by atoms with E-state index in [2.05, 4.69) is 4.72 Å². The summed E-state index contributed by atoms with van der Waals surface area (Å²) in [4.78, 5) is 13.0. The van der Waals surface area contributed by atoms with E-state index in [1.165, 1.54) is 16.8 Å². The highest BCUT2D eigenvalue weighted by molar-refractivity contribution is 7.89. The van der Waals surface area contributed by atoms with Gasteiger partial charge in [0.05, 0.1) is 0 Å². The number of nitrogens with zero attached hydrogens (tertiary/aromatic N) is 2. The van der Waals surface area contributed by atoms with Crippen LogP contribution >= 0.6 is 0 Å². The summed E-state index contributed by atoms with van der Waals surface area (Å²) in [6, 6.07) is 0.771. The van der Waals surface area contributed by atoms with Crippen LogP contribution in [-0.4, -0.2) is 55.6 Å². The van der Waals surface area contributed by atoms with Crippen molar-refractivity contribution in [1.82, 2.24) is 14.2 Å². The number of carboxylic acids is 1. The highest BCUT2D eigenvalue weighted by Gasteiger charge is 2.23. The van der Waals surface area contributed by atoms with Gasteiger partial charge in [0, 0.05) is 24.8 Å². The van der Waals surface area contributed by atoms with Crippen molar-refractivity contribution < 1.29 is 18.3 Å². The Labute approximate surface area is 125 Å². The molecule has 1 unspecified atom stereocenters. The molecular formula is C13H23N3O4S. The van der Waals surface area contributed by atoms with Gasteiger partial charge in [-0.15, -0.1) is 0 Å². The molecule has 1 aromatic rings. The summed E-state index contributed by atoms with van der Waals surface area (Å²) in [7, 11) is -0.0351. The zero-order valence-electron chi connectivity index (χ0n) is 13.0. The fourth-order valence-corrected chi connectivity index (χ4v) is 3.38. The number of nitrogens with one attached hydrogen (secondary N) is 1. The van der Waals surface area contributed by atoms with Crippen LogP contribution in [0.25, 0.3) is 0 Å². The number of sulfonamides is 1. The molecule has 1 rings (SSSR count). The third kappa shape index (κ3) is 4.55. The average molecular weight is 317 g/mol. The van der Waals surface area contributed by atoms with Crippen LogP contribution in [0.15, 0.2) is 17.2 Å². The van der Waals surface area contributed by atoms with Gasteiger partial charge in [-0.25, -0.2) is 17.9 Å². The summed E-state index contributed by atoms with van der Waals surface area (Å²) >= 11 is 0. The van der Waals surface area contributed by atoms with Gasteiger partial charge in [0.2, 0.25) is 10.0 Å². The minimum absolute atomic E-state index is 0.0285. The van der Waals surface area contributed by atoms with Gasteiger partial charge in [0.25, 0.3) is 0 Å². The van der Waals surface area contributed by atoms with Gasteiger partial charge in [-0.2, -0.15) is 0 Å². The summed E-state index contributed by atoms with van der Waals surface area (Å²) in [5.41, 5.74) is -0.0364. The number of carbonyl (C=O) groups is 1.